The van der Waals surface area contributed by atoms with E-state index in [9.17, 15) is 17.6 Å². The second-order valence-electron chi connectivity index (χ2n) is 4.70. The quantitative estimate of drug-likeness (QED) is 0.793. The van der Waals surface area contributed by atoms with Crippen LogP contribution < -0.4 is 10.5 Å². The van der Waals surface area contributed by atoms with Gasteiger partial charge in [0.25, 0.3) is 5.91 Å². The van der Waals surface area contributed by atoms with Crippen LogP contribution in [0.2, 0.25) is 0 Å². The minimum Gasteiger partial charge on any atom is -0.352 e. The number of halogens is 2. The molecule has 0 aromatic heterocycles. The summed E-state index contributed by atoms with van der Waals surface area (Å²) in [6.07, 6.45) is 1.78. The summed E-state index contributed by atoms with van der Waals surface area (Å²) in [7, 11) is -4.04. The van der Waals surface area contributed by atoms with Crippen LogP contribution in [0.1, 0.15) is 37.0 Å². The number of carbonyl (C=O) groups excluding carboxylic acids is 1. The summed E-state index contributed by atoms with van der Waals surface area (Å²) in [5.74, 6) is -1.17. The van der Waals surface area contributed by atoms with E-state index in [-0.39, 0.29) is 14.9 Å². The Balaban J connectivity index is 3.05. The van der Waals surface area contributed by atoms with E-state index in [0.29, 0.717) is 12.5 Å². The van der Waals surface area contributed by atoms with E-state index in [4.69, 9.17) is 5.14 Å². The lowest BCUT2D eigenvalue weighted by atomic mass is 10.0. The van der Waals surface area contributed by atoms with Gasteiger partial charge in [0.2, 0.25) is 10.0 Å². The van der Waals surface area contributed by atoms with Gasteiger partial charge in [-0.2, -0.15) is 0 Å². The molecule has 0 unspecified atom stereocenters. The molecule has 1 aromatic carbocycles. The zero-order valence-corrected chi connectivity index (χ0v) is 14.2. The molecule has 0 bridgehead atoms. The number of nitrogens with one attached hydrogen (secondary N) is 1. The van der Waals surface area contributed by atoms with Crippen LogP contribution >= 0.6 is 15.9 Å². The largest absolute Gasteiger partial charge is 0.352 e. The summed E-state index contributed by atoms with van der Waals surface area (Å²) < 4.78 is 36.6. The van der Waals surface area contributed by atoms with Gasteiger partial charge in [0.1, 0.15) is 5.82 Å². The van der Waals surface area contributed by atoms with Crippen molar-refractivity contribution in [1.82, 2.24) is 5.32 Å². The molecule has 1 amide bonds. The Hall–Kier alpha value is -0.990. The van der Waals surface area contributed by atoms with Gasteiger partial charge in [-0.05, 0) is 34.0 Å². The number of nitrogens with two attached hydrogens (primary N) is 1. The molecule has 118 valence electrons. The normalized spacial score (nSPS) is 11.7. The Morgan fingerprint density at radius 3 is 2.43 bits per heavy atom. The molecule has 0 radical (unpaired) electrons. The number of sulfonamides is 1. The Bertz CT molecular complexity index is 631. The molecule has 0 saturated heterocycles. The number of amides is 1. The Kier molecular flexibility index (Phi) is 6.30. The van der Waals surface area contributed by atoms with Crippen molar-refractivity contribution >= 4 is 31.9 Å². The number of rotatable bonds is 6. The third-order valence-electron chi connectivity index (χ3n) is 3.28. The summed E-state index contributed by atoms with van der Waals surface area (Å²) in [6, 6.07) is 1.86. The van der Waals surface area contributed by atoms with E-state index >= 15 is 0 Å². The van der Waals surface area contributed by atoms with Crippen molar-refractivity contribution in [1.29, 1.82) is 0 Å². The minimum atomic E-state index is -4.04. The molecule has 0 atom stereocenters. The Morgan fingerprint density at radius 2 is 1.95 bits per heavy atom. The fourth-order valence-corrected chi connectivity index (χ4v) is 3.44. The van der Waals surface area contributed by atoms with E-state index in [2.05, 4.69) is 21.2 Å². The van der Waals surface area contributed by atoms with Crippen LogP contribution in [0.25, 0.3) is 0 Å². The molecule has 1 rings (SSSR count). The first-order valence-corrected chi connectivity index (χ1v) is 8.84. The molecular weight excluding hydrogens is 363 g/mol. The van der Waals surface area contributed by atoms with Crippen LogP contribution in [-0.4, -0.2) is 20.9 Å². The van der Waals surface area contributed by atoms with E-state index in [1.165, 1.54) is 0 Å². The van der Waals surface area contributed by atoms with E-state index < -0.39 is 21.7 Å². The van der Waals surface area contributed by atoms with Crippen LogP contribution in [0.4, 0.5) is 4.39 Å². The maximum absolute atomic E-state index is 13.8. The fraction of sp³-hybridized carbons (Fsp3) is 0.462. The van der Waals surface area contributed by atoms with Crippen LogP contribution in [0, 0.1) is 11.7 Å². The molecular formula is C13H18BrFN2O3S. The van der Waals surface area contributed by atoms with Crippen LogP contribution in [-0.2, 0) is 10.0 Å². The average molecular weight is 381 g/mol. The van der Waals surface area contributed by atoms with Gasteiger partial charge in [-0.1, -0.05) is 26.7 Å². The molecule has 5 nitrogen and oxygen atoms in total. The van der Waals surface area contributed by atoms with Gasteiger partial charge in [0.05, 0.1) is 10.5 Å². The van der Waals surface area contributed by atoms with Crippen molar-refractivity contribution in [2.24, 2.45) is 11.1 Å². The van der Waals surface area contributed by atoms with Gasteiger partial charge in [0, 0.05) is 11.0 Å². The average Bonchev–Trinajstić information content (AvgIpc) is 2.38. The van der Waals surface area contributed by atoms with E-state index in [0.717, 1.165) is 25.0 Å². The van der Waals surface area contributed by atoms with E-state index in [1.807, 2.05) is 13.8 Å². The molecule has 21 heavy (non-hydrogen) atoms. The summed E-state index contributed by atoms with van der Waals surface area (Å²) >= 11 is 2.92. The molecule has 3 N–H and O–H groups in total. The molecule has 0 spiro atoms. The highest BCUT2D eigenvalue weighted by Gasteiger charge is 2.20. The van der Waals surface area contributed by atoms with Gasteiger partial charge in [-0.25, -0.2) is 17.9 Å². The van der Waals surface area contributed by atoms with Crippen molar-refractivity contribution < 1.29 is 17.6 Å². The SMILES string of the molecule is CCC(CC)CNC(=O)c1cc(S(N)(=O)=O)c(Br)cc1F. The van der Waals surface area contributed by atoms with Crippen molar-refractivity contribution in [3.8, 4) is 0 Å². The number of primary sulfonamides is 1. The fourth-order valence-electron chi connectivity index (χ4n) is 1.83. The highest BCUT2D eigenvalue weighted by Crippen LogP contribution is 2.24. The highest BCUT2D eigenvalue weighted by molar-refractivity contribution is 9.10. The topological polar surface area (TPSA) is 89.3 Å². The van der Waals surface area contributed by atoms with Gasteiger partial charge >= 0.3 is 0 Å². The first kappa shape index (κ1) is 18.1. The van der Waals surface area contributed by atoms with Gasteiger partial charge in [0.15, 0.2) is 0 Å². The summed E-state index contributed by atoms with van der Waals surface area (Å²) in [4.78, 5) is 11.7. The lowest BCUT2D eigenvalue weighted by molar-refractivity contribution is 0.0942. The number of carbonyl (C=O) groups is 1. The summed E-state index contributed by atoms with van der Waals surface area (Å²) in [6.45, 7) is 4.41. The van der Waals surface area contributed by atoms with Gasteiger partial charge in [-0.15, -0.1) is 0 Å². The second-order valence-corrected chi connectivity index (χ2v) is 7.08. The molecule has 1 aromatic rings. The highest BCUT2D eigenvalue weighted by atomic mass is 79.9. The number of hydrogen-bond acceptors (Lipinski definition) is 3. The molecule has 0 aliphatic heterocycles. The lowest BCUT2D eigenvalue weighted by Gasteiger charge is -2.14. The number of benzene rings is 1. The van der Waals surface area contributed by atoms with E-state index in [1.54, 1.807) is 0 Å². The molecule has 0 aliphatic carbocycles. The minimum absolute atomic E-state index is 0.0148. The van der Waals surface area contributed by atoms with Gasteiger partial charge < -0.3 is 5.32 Å². The Morgan fingerprint density at radius 1 is 1.38 bits per heavy atom. The standard InChI is InChI=1S/C13H18BrFN2O3S/c1-3-8(4-2)7-17-13(18)9-5-12(21(16,19)20)10(14)6-11(9)15/h5-6,8H,3-4,7H2,1-2H3,(H,17,18)(H2,16,19,20). The first-order chi connectivity index (χ1) is 9.70. The van der Waals surface area contributed by atoms with Gasteiger partial charge in [-0.3, -0.25) is 4.79 Å². The van der Waals surface area contributed by atoms with Crippen LogP contribution in [0.15, 0.2) is 21.5 Å². The van der Waals surface area contributed by atoms with Crippen LogP contribution in [0.5, 0.6) is 0 Å². The van der Waals surface area contributed by atoms with Crippen LogP contribution in [0.3, 0.4) is 0 Å². The van der Waals surface area contributed by atoms with Crippen molar-refractivity contribution in [3.63, 3.8) is 0 Å². The third kappa shape index (κ3) is 4.76. The second kappa shape index (κ2) is 7.33. The summed E-state index contributed by atoms with van der Waals surface area (Å²) in [5.41, 5.74) is -0.340. The predicted molar refractivity (Wildman–Crippen MR) is 81.9 cm³/mol. The Labute approximate surface area is 132 Å². The zero-order valence-electron chi connectivity index (χ0n) is 11.8. The third-order valence-corrected chi connectivity index (χ3v) is 5.15. The molecule has 0 saturated carbocycles. The first-order valence-electron chi connectivity index (χ1n) is 6.50. The number of hydrogen-bond donors (Lipinski definition) is 2. The predicted octanol–water partition coefficient (Wildman–Crippen LogP) is 2.40. The van der Waals surface area contributed by atoms with Crippen molar-refractivity contribution in [3.05, 3.63) is 28.0 Å². The molecule has 0 aliphatic rings. The molecule has 8 heteroatoms. The maximum Gasteiger partial charge on any atom is 0.254 e. The molecule has 0 fully saturated rings. The zero-order chi connectivity index (χ0) is 16.2. The lowest BCUT2D eigenvalue weighted by Crippen LogP contribution is -2.30. The van der Waals surface area contributed by atoms with Crippen molar-refractivity contribution in [2.75, 3.05) is 6.54 Å². The maximum atomic E-state index is 13.8. The molecule has 0 heterocycles. The smallest absolute Gasteiger partial charge is 0.254 e. The van der Waals surface area contributed by atoms with Crippen molar-refractivity contribution in [2.45, 2.75) is 31.6 Å². The summed E-state index contributed by atoms with van der Waals surface area (Å²) in [5, 5.41) is 7.64. The monoisotopic (exact) mass is 380 g/mol.